The Balaban J connectivity index is 1.90. The van der Waals surface area contributed by atoms with Crippen LogP contribution in [0.4, 0.5) is 5.69 Å². The van der Waals surface area contributed by atoms with E-state index >= 15 is 0 Å². The molecule has 0 radical (unpaired) electrons. The summed E-state index contributed by atoms with van der Waals surface area (Å²) in [5.41, 5.74) is 3.02. The molecule has 2 N–H and O–H groups in total. The first-order valence-corrected chi connectivity index (χ1v) is 6.05. The van der Waals surface area contributed by atoms with Gasteiger partial charge in [-0.1, -0.05) is 12.1 Å². The molecular formula is C14H16N4O. The van der Waals surface area contributed by atoms with Gasteiger partial charge in [0.1, 0.15) is 6.33 Å². The molecule has 5 heteroatoms. The molecule has 1 heterocycles. The Bertz CT molecular complexity index is 525. The standard InChI is InChI=1S/C14H16N4O/c1-15-14(19)6-11-2-4-13(5-3-11)18-9-12-7-16-10-17-8-12/h2-5,7-8,10,18H,6,9H2,1H3,(H,15,19). The van der Waals surface area contributed by atoms with Crippen LogP contribution < -0.4 is 10.6 Å². The first-order valence-electron chi connectivity index (χ1n) is 6.05. The number of benzene rings is 1. The summed E-state index contributed by atoms with van der Waals surface area (Å²) in [5, 5.41) is 5.88. The molecule has 0 bridgehead atoms. The van der Waals surface area contributed by atoms with Crippen molar-refractivity contribution >= 4 is 11.6 Å². The number of carbonyl (C=O) groups is 1. The fourth-order valence-corrected chi connectivity index (χ4v) is 1.64. The molecule has 0 fully saturated rings. The van der Waals surface area contributed by atoms with Crippen LogP contribution in [0.25, 0.3) is 0 Å². The van der Waals surface area contributed by atoms with Gasteiger partial charge in [-0.25, -0.2) is 9.97 Å². The zero-order valence-corrected chi connectivity index (χ0v) is 10.8. The molecule has 19 heavy (non-hydrogen) atoms. The lowest BCUT2D eigenvalue weighted by Gasteiger charge is -2.07. The maximum atomic E-state index is 11.2. The molecule has 1 aromatic heterocycles. The Hall–Kier alpha value is -2.43. The Kier molecular flexibility index (Phi) is 4.44. The summed E-state index contributed by atoms with van der Waals surface area (Å²) in [6, 6.07) is 7.81. The Labute approximate surface area is 112 Å². The summed E-state index contributed by atoms with van der Waals surface area (Å²) in [7, 11) is 1.64. The van der Waals surface area contributed by atoms with Crippen LogP contribution in [0.2, 0.25) is 0 Å². The van der Waals surface area contributed by atoms with E-state index in [-0.39, 0.29) is 5.91 Å². The molecule has 0 aliphatic rings. The van der Waals surface area contributed by atoms with E-state index in [0.717, 1.165) is 16.8 Å². The number of likely N-dealkylation sites (N-methyl/N-ethyl adjacent to an activating group) is 1. The number of rotatable bonds is 5. The highest BCUT2D eigenvalue weighted by Gasteiger charge is 2.00. The lowest BCUT2D eigenvalue weighted by molar-refractivity contribution is -0.119. The van der Waals surface area contributed by atoms with Crippen LogP contribution in [0.1, 0.15) is 11.1 Å². The number of nitrogens with zero attached hydrogens (tertiary/aromatic N) is 2. The third-order valence-electron chi connectivity index (χ3n) is 2.71. The van der Waals surface area contributed by atoms with Gasteiger partial charge in [-0.05, 0) is 17.7 Å². The second-order valence-electron chi connectivity index (χ2n) is 4.15. The predicted molar refractivity (Wildman–Crippen MR) is 73.6 cm³/mol. The largest absolute Gasteiger partial charge is 0.381 e. The van der Waals surface area contributed by atoms with Gasteiger partial charge in [0.25, 0.3) is 0 Å². The average Bonchev–Trinajstić information content (AvgIpc) is 2.47. The minimum Gasteiger partial charge on any atom is -0.381 e. The number of hydrogen-bond acceptors (Lipinski definition) is 4. The quantitative estimate of drug-likeness (QED) is 0.848. The molecule has 0 aliphatic carbocycles. The van der Waals surface area contributed by atoms with Crippen LogP contribution in [-0.4, -0.2) is 22.9 Å². The SMILES string of the molecule is CNC(=O)Cc1ccc(NCc2cncnc2)cc1. The monoisotopic (exact) mass is 256 g/mol. The zero-order chi connectivity index (χ0) is 13.5. The van der Waals surface area contributed by atoms with E-state index in [1.165, 1.54) is 6.33 Å². The van der Waals surface area contributed by atoms with Crippen molar-refractivity contribution in [2.45, 2.75) is 13.0 Å². The van der Waals surface area contributed by atoms with Crippen molar-refractivity contribution in [3.8, 4) is 0 Å². The van der Waals surface area contributed by atoms with Gasteiger partial charge < -0.3 is 10.6 Å². The molecule has 1 aromatic carbocycles. The van der Waals surface area contributed by atoms with E-state index in [1.807, 2.05) is 24.3 Å². The minimum atomic E-state index is 0.0159. The van der Waals surface area contributed by atoms with Gasteiger partial charge in [0.15, 0.2) is 0 Å². The number of hydrogen-bond donors (Lipinski definition) is 2. The van der Waals surface area contributed by atoms with Crippen molar-refractivity contribution in [3.63, 3.8) is 0 Å². The van der Waals surface area contributed by atoms with Crippen LogP contribution in [0.3, 0.4) is 0 Å². The van der Waals surface area contributed by atoms with E-state index in [2.05, 4.69) is 20.6 Å². The number of amides is 1. The maximum Gasteiger partial charge on any atom is 0.224 e. The van der Waals surface area contributed by atoms with Gasteiger partial charge in [-0.2, -0.15) is 0 Å². The van der Waals surface area contributed by atoms with E-state index in [1.54, 1.807) is 19.4 Å². The summed E-state index contributed by atoms with van der Waals surface area (Å²) >= 11 is 0. The second kappa shape index (κ2) is 6.49. The number of anilines is 1. The van der Waals surface area contributed by atoms with Crippen LogP contribution in [0.5, 0.6) is 0 Å². The van der Waals surface area contributed by atoms with Gasteiger partial charge in [0, 0.05) is 37.2 Å². The number of aromatic nitrogens is 2. The summed E-state index contributed by atoms with van der Waals surface area (Å²) < 4.78 is 0. The summed E-state index contributed by atoms with van der Waals surface area (Å²) in [6.07, 6.45) is 5.47. The van der Waals surface area contributed by atoms with Crippen LogP contribution in [-0.2, 0) is 17.8 Å². The molecule has 0 unspecified atom stereocenters. The molecule has 2 aromatic rings. The first-order chi connectivity index (χ1) is 9.28. The summed E-state index contributed by atoms with van der Waals surface area (Å²) in [6.45, 7) is 0.676. The molecule has 1 amide bonds. The normalized spacial score (nSPS) is 9.95. The second-order valence-corrected chi connectivity index (χ2v) is 4.15. The van der Waals surface area contributed by atoms with Crippen molar-refractivity contribution in [2.24, 2.45) is 0 Å². The molecule has 5 nitrogen and oxygen atoms in total. The van der Waals surface area contributed by atoms with Crippen LogP contribution >= 0.6 is 0 Å². The fourth-order valence-electron chi connectivity index (χ4n) is 1.64. The average molecular weight is 256 g/mol. The highest BCUT2D eigenvalue weighted by atomic mass is 16.1. The van der Waals surface area contributed by atoms with Gasteiger partial charge in [0.05, 0.1) is 6.42 Å². The zero-order valence-electron chi connectivity index (χ0n) is 10.8. The molecule has 0 aliphatic heterocycles. The minimum absolute atomic E-state index is 0.0159. The molecule has 0 saturated carbocycles. The van der Waals surface area contributed by atoms with Crippen molar-refractivity contribution in [3.05, 3.63) is 54.1 Å². The van der Waals surface area contributed by atoms with Crippen molar-refractivity contribution in [1.29, 1.82) is 0 Å². The van der Waals surface area contributed by atoms with Crippen molar-refractivity contribution in [2.75, 3.05) is 12.4 Å². The number of nitrogens with one attached hydrogen (secondary N) is 2. The summed E-state index contributed by atoms with van der Waals surface area (Å²) in [4.78, 5) is 19.2. The first kappa shape index (κ1) is 13.0. The Morgan fingerprint density at radius 3 is 2.42 bits per heavy atom. The topological polar surface area (TPSA) is 66.9 Å². The third kappa shape index (κ3) is 4.06. The molecule has 2 rings (SSSR count). The third-order valence-corrected chi connectivity index (χ3v) is 2.71. The van der Waals surface area contributed by atoms with Crippen LogP contribution in [0.15, 0.2) is 43.0 Å². The number of carbonyl (C=O) groups excluding carboxylic acids is 1. The highest BCUT2D eigenvalue weighted by molar-refractivity contribution is 5.78. The van der Waals surface area contributed by atoms with Gasteiger partial charge in [-0.3, -0.25) is 4.79 Å². The lowest BCUT2D eigenvalue weighted by Crippen LogP contribution is -2.19. The van der Waals surface area contributed by atoms with E-state index in [0.29, 0.717) is 13.0 Å². The van der Waals surface area contributed by atoms with E-state index in [4.69, 9.17) is 0 Å². The highest BCUT2D eigenvalue weighted by Crippen LogP contribution is 2.11. The van der Waals surface area contributed by atoms with Gasteiger partial charge >= 0.3 is 0 Å². The van der Waals surface area contributed by atoms with Crippen molar-refractivity contribution < 1.29 is 4.79 Å². The van der Waals surface area contributed by atoms with Gasteiger partial charge in [0.2, 0.25) is 5.91 Å². The molecule has 98 valence electrons. The molecular weight excluding hydrogens is 240 g/mol. The Morgan fingerprint density at radius 1 is 1.11 bits per heavy atom. The molecule has 0 atom stereocenters. The van der Waals surface area contributed by atoms with E-state index < -0.39 is 0 Å². The van der Waals surface area contributed by atoms with E-state index in [9.17, 15) is 4.79 Å². The molecule has 0 saturated heterocycles. The molecule has 0 spiro atoms. The van der Waals surface area contributed by atoms with Crippen LogP contribution in [0, 0.1) is 0 Å². The van der Waals surface area contributed by atoms with Crippen molar-refractivity contribution in [1.82, 2.24) is 15.3 Å². The maximum absolute atomic E-state index is 11.2. The van der Waals surface area contributed by atoms with Gasteiger partial charge in [-0.15, -0.1) is 0 Å². The lowest BCUT2D eigenvalue weighted by atomic mass is 10.1. The fraction of sp³-hybridized carbons (Fsp3) is 0.214. The summed E-state index contributed by atoms with van der Waals surface area (Å²) in [5.74, 6) is 0.0159. The smallest absolute Gasteiger partial charge is 0.224 e. The Morgan fingerprint density at radius 2 is 1.79 bits per heavy atom. The predicted octanol–water partition coefficient (Wildman–Crippen LogP) is 1.38.